The van der Waals surface area contributed by atoms with Gasteiger partial charge in [0.2, 0.25) is 11.9 Å². The molecule has 182 valence electrons. The van der Waals surface area contributed by atoms with E-state index in [4.69, 9.17) is 21.4 Å². The van der Waals surface area contributed by atoms with Gasteiger partial charge in [-0.15, -0.1) is 0 Å². The van der Waals surface area contributed by atoms with Crippen molar-refractivity contribution < 1.29 is 19.4 Å². The van der Waals surface area contributed by atoms with Crippen molar-refractivity contribution in [2.75, 3.05) is 32.1 Å². The van der Waals surface area contributed by atoms with E-state index in [0.717, 1.165) is 11.1 Å². The molecule has 0 saturated heterocycles. The highest BCUT2D eigenvalue weighted by molar-refractivity contribution is 6.33. The maximum Gasteiger partial charge on any atom is 0.254 e. The first-order valence-corrected chi connectivity index (χ1v) is 11.5. The van der Waals surface area contributed by atoms with E-state index < -0.39 is 0 Å². The van der Waals surface area contributed by atoms with Crippen molar-refractivity contribution in [2.24, 2.45) is 0 Å². The van der Waals surface area contributed by atoms with Gasteiger partial charge in [0, 0.05) is 24.2 Å². The van der Waals surface area contributed by atoms with Crippen molar-refractivity contribution in [2.45, 2.75) is 19.5 Å². The predicted molar refractivity (Wildman–Crippen MR) is 132 cm³/mol. The van der Waals surface area contributed by atoms with Crippen LogP contribution in [0.3, 0.4) is 0 Å². The number of aromatic nitrogens is 2. The van der Waals surface area contributed by atoms with Gasteiger partial charge in [-0.2, -0.15) is 0 Å². The zero-order valence-corrected chi connectivity index (χ0v) is 20.2. The van der Waals surface area contributed by atoms with Gasteiger partial charge in [-0.05, 0) is 36.2 Å². The number of hydrogen-bond acceptors (Lipinski definition) is 7. The molecule has 0 fully saturated rings. The van der Waals surface area contributed by atoms with Gasteiger partial charge in [0.05, 0.1) is 36.7 Å². The summed E-state index contributed by atoms with van der Waals surface area (Å²) in [5.41, 5.74) is 3.38. The Balaban J connectivity index is 1.45. The molecular formula is C25H26ClN5O4. The molecule has 0 spiro atoms. The fourth-order valence-electron chi connectivity index (χ4n) is 3.91. The summed E-state index contributed by atoms with van der Waals surface area (Å²) in [6.07, 6.45) is 1.47. The normalized spacial score (nSPS) is 13.4. The summed E-state index contributed by atoms with van der Waals surface area (Å²) in [4.78, 5) is 35.8. The molecule has 9 nitrogen and oxygen atoms in total. The zero-order chi connectivity index (χ0) is 24.9. The van der Waals surface area contributed by atoms with Crippen LogP contribution in [0.25, 0.3) is 11.3 Å². The fraction of sp³-hybridized carbons (Fsp3) is 0.280. The van der Waals surface area contributed by atoms with Crippen LogP contribution in [0.2, 0.25) is 5.02 Å². The topological polar surface area (TPSA) is 117 Å². The molecule has 2 heterocycles. The molecule has 0 saturated carbocycles. The van der Waals surface area contributed by atoms with Crippen LogP contribution in [-0.2, 0) is 11.3 Å². The van der Waals surface area contributed by atoms with E-state index in [0.29, 0.717) is 46.6 Å². The molecule has 35 heavy (non-hydrogen) atoms. The molecule has 1 atom stereocenters. The molecule has 10 heteroatoms. The van der Waals surface area contributed by atoms with Crippen molar-refractivity contribution in [3.8, 4) is 17.0 Å². The summed E-state index contributed by atoms with van der Waals surface area (Å²) in [5.74, 6) is 0.563. The number of nitrogens with one attached hydrogen (secondary N) is 2. The molecule has 0 aliphatic carbocycles. The monoisotopic (exact) mass is 495 g/mol. The first kappa shape index (κ1) is 24.4. The lowest BCUT2D eigenvalue weighted by molar-refractivity contribution is -0.122. The molecule has 2 aromatic carbocycles. The minimum absolute atomic E-state index is 0.0549. The van der Waals surface area contributed by atoms with Crippen LogP contribution >= 0.6 is 11.6 Å². The van der Waals surface area contributed by atoms with Crippen molar-refractivity contribution in [3.63, 3.8) is 0 Å². The summed E-state index contributed by atoms with van der Waals surface area (Å²) < 4.78 is 5.24. The number of ether oxygens (including phenoxy) is 1. The zero-order valence-electron chi connectivity index (χ0n) is 19.4. The van der Waals surface area contributed by atoms with Gasteiger partial charge in [0.1, 0.15) is 12.3 Å². The van der Waals surface area contributed by atoms with Crippen molar-refractivity contribution in [1.82, 2.24) is 20.2 Å². The highest BCUT2D eigenvalue weighted by atomic mass is 35.5. The van der Waals surface area contributed by atoms with Crippen molar-refractivity contribution >= 4 is 29.4 Å². The second-order valence-electron chi connectivity index (χ2n) is 8.14. The van der Waals surface area contributed by atoms with Gasteiger partial charge in [0.25, 0.3) is 5.91 Å². The van der Waals surface area contributed by atoms with E-state index >= 15 is 0 Å². The molecule has 0 radical (unpaired) electrons. The van der Waals surface area contributed by atoms with Gasteiger partial charge >= 0.3 is 0 Å². The second kappa shape index (κ2) is 10.7. The molecule has 3 aromatic rings. The number of aliphatic hydroxyl groups excluding tert-OH is 1. The highest BCUT2D eigenvalue weighted by Gasteiger charge is 2.29. The molecule has 1 unspecified atom stereocenters. The predicted octanol–water partition coefficient (Wildman–Crippen LogP) is 3.04. The van der Waals surface area contributed by atoms with E-state index in [1.54, 1.807) is 13.2 Å². The third-order valence-corrected chi connectivity index (χ3v) is 5.98. The van der Waals surface area contributed by atoms with Crippen molar-refractivity contribution in [3.05, 3.63) is 70.4 Å². The highest BCUT2D eigenvalue weighted by Crippen LogP contribution is 2.31. The number of carbonyl (C=O) groups excluding carboxylic acids is 2. The van der Waals surface area contributed by atoms with E-state index in [1.165, 1.54) is 11.1 Å². The number of rotatable bonds is 9. The first-order chi connectivity index (χ1) is 16.9. The van der Waals surface area contributed by atoms with Crippen molar-refractivity contribution in [1.29, 1.82) is 0 Å². The smallest absolute Gasteiger partial charge is 0.254 e. The Morgan fingerprint density at radius 3 is 2.89 bits per heavy atom. The van der Waals surface area contributed by atoms with Gasteiger partial charge in [-0.1, -0.05) is 35.9 Å². The Morgan fingerprint density at radius 2 is 2.11 bits per heavy atom. The Kier molecular flexibility index (Phi) is 7.48. The van der Waals surface area contributed by atoms with Crippen LogP contribution in [0.1, 0.15) is 34.5 Å². The van der Waals surface area contributed by atoms with Gasteiger partial charge < -0.3 is 25.4 Å². The molecule has 2 amide bonds. The minimum Gasteiger partial charge on any atom is -0.497 e. The Morgan fingerprint density at radius 1 is 1.29 bits per heavy atom. The fourth-order valence-corrected chi connectivity index (χ4v) is 4.11. The molecule has 4 rings (SSSR count). The number of aliphatic hydroxyl groups is 1. The minimum atomic E-state index is -0.250. The number of methoxy groups -OCH3 is 1. The second-order valence-corrected chi connectivity index (χ2v) is 8.55. The number of amides is 2. The standard InChI is InChI=1S/C25H26ClN5O4/c1-15(16-4-3-5-19(10-16)35-2)29-22(33)14-31-13-18-7-6-17(11-20(18)24(31)34)23-21(26)12-28-25(30-23)27-8-9-32/h3-7,10-12,15,32H,8-9,13-14H2,1-2H3,(H,29,33)(H,27,28,30). The number of hydrogen-bond donors (Lipinski definition) is 3. The molecule has 1 aliphatic heterocycles. The summed E-state index contributed by atoms with van der Waals surface area (Å²) in [5, 5.41) is 15.2. The maximum atomic E-state index is 13.1. The van der Waals surface area contributed by atoms with Crippen LogP contribution in [0.5, 0.6) is 5.75 Å². The average Bonchev–Trinajstić information content (AvgIpc) is 3.17. The van der Waals surface area contributed by atoms with Gasteiger partial charge in [-0.25, -0.2) is 9.97 Å². The largest absolute Gasteiger partial charge is 0.497 e. The van der Waals surface area contributed by atoms with E-state index in [9.17, 15) is 9.59 Å². The third kappa shape index (κ3) is 5.52. The van der Waals surface area contributed by atoms with Crippen LogP contribution in [0.15, 0.2) is 48.7 Å². The van der Waals surface area contributed by atoms with E-state index in [1.807, 2.05) is 43.3 Å². The number of halogens is 1. The number of nitrogens with zero attached hydrogens (tertiary/aromatic N) is 3. The van der Waals surface area contributed by atoms with Gasteiger partial charge in [-0.3, -0.25) is 9.59 Å². The molecular weight excluding hydrogens is 470 g/mol. The summed E-state index contributed by atoms with van der Waals surface area (Å²) in [6.45, 7) is 2.42. The molecule has 1 aromatic heterocycles. The third-order valence-electron chi connectivity index (χ3n) is 5.71. The Labute approximate surface area is 208 Å². The van der Waals surface area contributed by atoms with E-state index in [-0.39, 0.29) is 31.0 Å². The summed E-state index contributed by atoms with van der Waals surface area (Å²) in [7, 11) is 1.59. The van der Waals surface area contributed by atoms with Gasteiger partial charge in [0.15, 0.2) is 0 Å². The van der Waals surface area contributed by atoms with Crippen LogP contribution in [0, 0.1) is 0 Å². The van der Waals surface area contributed by atoms with E-state index in [2.05, 4.69) is 20.6 Å². The summed E-state index contributed by atoms with van der Waals surface area (Å²) >= 11 is 6.31. The van der Waals surface area contributed by atoms with Crippen LogP contribution in [-0.4, -0.2) is 58.6 Å². The Bertz CT molecular complexity index is 1250. The molecule has 1 aliphatic rings. The number of fused-ring (bicyclic) bond motifs is 1. The Hall–Kier alpha value is -3.69. The van der Waals surface area contributed by atoms with Crippen LogP contribution in [0.4, 0.5) is 5.95 Å². The quantitative estimate of drug-likeness (QED) is 0.417. The summed E-state index contributed by atoms with van der Waals surface area (Å²) in [6, 6.07) is 12.7. The number of carbonyl (C=O) groups is 2. The lowest BCUT2D eigenvalue weighted by atomic mass is 10.0. The van der Waals surface area contributed by atoms with Crippen LogP contribution < -0.4 is 15.4 Å². The first-order valence-electron chi connectivity index (χ1n) is 11.1. The molecule has 3 N–H and O–H groups in total. The molecule has 0 bridgehead atoms. The lowest BCUT2D eigenvalue weighted by Crippen LogP contribution is -2.38. The maximum absolute atomic E-state index is 13.1. The number of anilines is 1. The number of benzene rings is 2. The SMILES string of the molecule is COc1cccc(C(C)NC(=O)CN2Cc3ccc(-c4nc(NCCO)ncc4Cl)cc3C2=O)c1. The lowest BCUT2D eigenvalue weighted by Gasteiger charge is -2.19. The average molecular weight is 496 g/mol.